The molecule has 3 aromatic carbocycles. The van der Waals surface area contributed by atoms with Crippen molar-refractivity contribution in [3.8, 4) is 22.7 Å². The van der Waals surface area contributed by atoms with E-state index in [9.17, 15) is 4.79 Å². The van der Waals surface area contributed by atoms with Crippen LogP contribution in [0.4, 0.5) is 0 Å². The number of halogens is 1. The SMILES string of the molecule is COc1ccc(-c2nn(-c3ccccc3)cc2/C=c2\sc3nc(/C=C/c4ccccc4)nn3c2=O)cc1Br. The van der Waals surface area contributed by atoms with Gasteiger partial charge in [-0.3, -0.25) is 4.79 Å². The summed E-state index contributed by atoms with van der Waals surface area (Å²) < 4.78 is 9.90. The second-order valence-electron chi connectivity index (χ2n) is 8.39. The Bertz CT molecular complexity index is 1890. The summed E-state index contributed by atoms with van der Waals surface area (Å²) in [6.45, 7) is 0. The lowest BCUT2D eigenvalue weighted by molar-refractivity contribution is 0.412. The summed E-state index contributed by atoms with van der Waals surface area (Å²) in [6, 6.07) is 25.5. The fourth-order valence-electron chi connectivity index (χ4n) is 4.04. The molecule has 0 saturated carbocycles. The molecule has 0 unspecified atom stereocenters. The van der Waals surface area contributed by atoms with E-state index >= 15 is 0 Å². The minimum Gasteiger partial charge on any atom is -0.496 e. The highest BCUT2D eigenvalue weighted by Crippen LogP contribution is 2.32. The molecule has 38 heavy (non-hydrogen) atoms. The predicted molar refractivity (Wildman–Crippen MR) is 155 cm³/mol. The van der Waals surface area contributed by atoms with Crippen molar-refractivity contribution in [1.82, 2.24) is 24.4 Å². The molecule has 7 nitrogen and oxygen atoms in total. The number of aromatic nitrogens is 5. The van der Waals surface area contributed by atoms with Crippen molar-refractivity contribution in [3.05, 3.63) is 121 Å². The summed E-state index contributed by atoms with van der Waals surface area (Å²) in [4.78, 5) is 18.3. The number of nitrogens with zero attached hydrogens (tertiary/aromatic N) is 5. The lowest BCUT2D eigenvalue weighted by Gasteiger charge is -2.05. The van der Waals surface area contributed by atoms with Crippen LogP contribution in [0.15, 0.2) is 94.3 Å². The van der Waals surface area contributed by atoms with Crippen LogP contribution in [0, 0.1) is 0 Å². The van der Waals surface area contributed by atoms with Crippen molar-refractivity contribution in [2.45, 2.75) is 0 Å². The highest BCUT2D eigenvalue weighted by molar-refractivity contribution is 9.10. The third-order valence-corrected chi connectivity index (χ3v) is 7.48. The fourth-order valence-corrected chi connectivity index (χ4v) is 5.49. The average Bonchev–Trinajstić information content (AvgIpc) is 3.63. The summed E-state index contributed by atoms with van der Waals surface area (Å²) in [5.74, 6) is 1.22. The van der Waals surface area contributed by atoms with E-state index in [0.717, 1.165) is 38.3 Å². The van der Waals surface area contributed by atoms with E-state index in [1.54, 1.807) is 13.2 Å². The van der Waals surface area contributed by atoms with E-state index < -0.39 is 0 Å². The van der Waals surface area contributed by atoms with Gasteiger partial charge in [-0.15, -0.1) is 5.10 Å². The number of fused-ring (bicyclic) bond motifs is 1. The molecule has 6 aromatic rings. The maximum Gasteiger partial charge on any atom is 0.291 e. The van der Waals surface area contributed by atoms with Gasteiger partial charge in [0.1, 0.15) is 11.4 Å². The molecule has 186 valence electrons. The number of thiazole rings is 1. The number of methoxy groups -OCH3 is 1. The molecule has 6 rings (SSSR count). The first kappa shape index (κ1) is 24.0. The first-order valence-corrected chi connectivity index (χ1v) is 13.3. The molecule has 0 fully saturated rings. The molecule has 0 aliphatic carbocycles. The smallest absolute Gasteiger partial charge is 0.291 e. The summed E-state index contributed by atoms with van der Waals surface area (Å²) in [5, 5.41) is 9.27. The zero-order valence-electron chi connectivity index (χ0n) is 20.2. The zero-order valence-corrected chi connectivity index (χ0v) is 22.6. The minimum atomic E-state index is -0.216. The van der Waals surface area contributed by atoms with Crippen molar-refractivity contribution in [2.24, 2.45) is 0 Å². The molecule has 3 aromatic heterocycles. The van der Waals surface area contributed by atoms with Gasteiger partial charge in [-0.25, -0.2) is 4.68 Å². The highest BCUT2D eigenvalue weighted by atomic mass is 79.9. The van der Waals surface area contributed by atoms with Crippen LogP contribution in [-0.4, -0.2) is 31.5 Å². The van der Waals surface area contributed by atoms with Crippen molar-refractivity contribution in [1.29, 1.82) is 0 Å². The summed E-state index contributed by atoms with van der Waals surface area (Å²) in [5.41, 5.74) is 4.17. The third kappa shape index (κ3) is 4.69. The van der Waals surface area contributed by atoms with Gasteiger partial charge in [-0.05, 0) is 64.0 Å². The summed E-state index contributed by atoms with van der Waals surface area (Å²) in [7, 11) is 1.63. The maximum absolute atomic E-state index is 13.2. The Kier molecular flexibility index (Phi) is 6.45. The quantitative estimate of drug-likeness (QED) is 0.260. The Morgan fingerprint density at radius 2 is 1.71 bits per heavy atom. The molecule has 9 heteroatoms. The molecule has 0 radical (unpaired) electrons. The molecule has 0 amide bonds. The maximum atomic E-state index is 13.2. The first-order valence-electron chi connectivity index (χ1n) is 11.7. The van der Waals surface area contributed by atoms with Crippen LogP contribution in [-0.2, 0) is 0 Å². The van der Waals surface area contributed by atoms with Crippen LogP contribution < -0.4 is 14.8 Å². The van der Waals surface area contributed by atoms with Crippen molar-refractivity contribution < 1.29 is 4.74 Å². The van der Waals surface area contributed by atoms with Gasteiger partial charge in [-0.2, -0.15) is 14.6 Å². The van der Waals surface area contributed by atoms with E-state index in [0.29, 0.717) is 15.3 Å². The Morgan fingerprint density at radius 1 is 0.947 bits per heavy atom. The lowest BCUT2D eigenvalue weighted by Crippen LogP contribution is -2.23. The van der Waals surface area contributed by atoms with Crippen molar-refractivity contribution >= 4 is 50.5 Å². The van der Waals surface area contributed by atoms with Gasteiger partial charge in [0.2, 0.25) is 4.96 Å². The molecule has 0 aliphatic heterocycles. The number of benzene rings is 3. The van der Waals surface area contributed by atoms with Crippen molar-refractivity contribution in [3.63, 3.8) is 0 Å². The van der Waals surface area contributed by atoms with E-state index in [2.05, 4.69) is 26.0 Å². The van der Waals surface area contributed by atoms with Gasteiger partial charge >= 0.3 is 0 Å². The minimum absolute atomic E-state index is 0.216. The highest BCUT2D eigenvalue weighted by Gasteiger charge is 2.15. The average molecular weight is 582 g/mol. The van der Waals surface area contributed by atoms with Gasteiger partial charge in [-0.1, -0.05) is 65.9 Å². The Labute approximate surface area is 230 Å². The molecular weight excluding hydrogens is 562 g/mol. The summed E-state index contributed by atoms with van der Waals surface area (Å²) >= 11 is 4.87. The van der Waals surface area contributed by atoms with Crippen LogP contribution in [0.5, 0.6) is 5.75 Å². The van der Waals surface area contributed by atoms with E-state index in [4.69, 9.17) is 9.84 Å². The lowest BCUT2D eigenvalue weighted by atomic mass is 10.1. The second kappa shape index (κ2) is 10.2. The normalized spacial score (nSPS) is 12.1. The monoisotopic (exact) mass is 581 g/mol. The Balaban J connectivity index is 1.43. The number of ether oxygens (including phenoxy) is 1. The van der Waals surface area contributed by atoms with Crippen LogP contribution >= 0.6 is 27.3 Å². The number of para-hydroxylation sites is 1. The zero-order chi connectivity index (χ0) is 26.1. The van der Waals surface area contributed by atoms with Crippen molar-refractivity contribution in [2.75, 3.05) is 7.11 Å². The predicted octanol–water partition coefficient (Wildman–Crippen LogP) is 5.49. The molecule has 0 N–H and O–H groups in total. The molecule has 0 atom stereocenters. The van der Waals surface area contributed by atoms with Crippen LogP contribution in [0.3, 0.4) is 0 Å². The van der Waals surface area contributed by atoms with Crippen LogP contribution in [0.1, 0.15) is 17.0 Å². The van der Waals surface area contributed by atoms with E-state index in [1.807, 2.05) is 102 Å². The standard InChI is InChI=1S/C29H20BrN5O2S/c1-37-24-14-13-20(16-23(24)30)27-21(18-34(33-27)22-10-6-3-7-11-22)17-25-28(36)35-29(38-25)31-26(32-35)15-12-19-8-4-2-5-9-19/h2-18H,1H3/b15-12+,25-17-. The van der Waals surface area contributed by atoms with Gasteiger partial charge in [0.15, 0.2) is 5.82 Å². The third-order valence-electron chi connectivity index (χ3n) is 5.90. The molecule has 0 saturated heterocycles. The number of hydrogen-bond donors (Lipinski definition) is 0. The number of rotatable bonds is 6. The summed E-state index contributed by atoms with van der Waals surface area (Å²) in [6.07, 6.45) is 7.50. The molecule has 0 bridgehead atoms. The fraction of sp³-hybridized carbons (Fsp3) is 0.0345. The molecular formula is C29H20BrN5O2S. The van der Waals surface area contributed by atoms with Gasteiger partial charge in [0.25, 0.3) is 5.56 Å². The Morgan fingerprint density at radius 3 is 2.42 bits per heavy atom. The van der Waals surface area contributed by atoms with Crippen LogP contribution in [0.2, 0.25) is 0 Å². The van der Waals surface area contributed by atoms with E-state index in [-0.39, 0.29) is 5.56 Å². The Hall–Kier alpha value is -4.34. The van der Waals surface area contributed by atoms with E-state index in [1.165, 1.54) is 15.9 Å². The van der Waals surface area contributed by atoms with Crippen LogP contribution in [0.25, 0.3) is 40.1 Å². The largest absolute Gasteiger partial charge is 0.496 e. The molecule has 0 spiro atoms. The molecule has 3 heterocycles. The van der Waals surface area contributed by atoms with Gasteiger partial charge in [0, 0.05) is 17.3 Å². The molecule has 0 aliphatic rings. The number of hydrogen-bond acceptors (Lipinski definition) is 6. The topological polar surface area (TPSA) is 74.3 Å². The van der Waals surface area contributed by atoms with Gasteiger partial charge < -0.3 is 4.74 Å². The first-order chi connectivity index (χ1) is 18.6. The second-order valence-corrected chi connectivity index (χ2v) is 10.3. The van der Waals surface area contributed by atoms with Gasteiger partial charge in [0.05, 0.1) is 21.8 Å².